The summed E-state index contributed by atoms with van der Waals surface area (Å²) in [6.45, 7) is 8.71. The van der Waals surface area contributed by atoms with Crippen LogP contribution in [0.3, 0.4) is 0 Å². The monoisotopic (exact) mass is 254 g/mol. The Kier molecular flexibility index (Phi) is 5.37. The van der Waals surface area contributed by atoms with E-state index in [0.29, 0.717) is 24.9 Å². The van der Waals surface area contributed by atoms with Crippen LogP contribution in [0.25, 0.3) is 0 Å². The number of rotatable bonds is 3. The normalized spacial score (nSPS) is 21.0. The molecular weight excluding hydrogens is 232 g/mol. The summed E-state index contributed by atoms with van der Waals surface area (Å²) in [7, 11) is 0. The summed E-state index contributed by atoms with van der Waals surface area (Å²) >= 11 is 0. The summed E-state index contributed by atoms with van der Waals surface area (Å²) in [5.74, 6) is 0.437. The lowest BCUT2D eigenvalue weighted by atomic mass is 10.4. The van der Waals surface area contributed by atoms with E-state index in [1.807, 2.05) is 27.7 Å². The molecule has 0 aromatic carbocycles. The predicted molar refractivity (Wildman–Crippen MR) is 70.4 cm³/mol. The number of aromatic nitrogens is 1. The van der Waals surface area contributed by atoms with Gasteiger partial charge in [-0.25, -0.2) is 0 Å². The first-order valence-electron chi connectivity index (χ1n) is 6.22. The van der Waals surface area contributed by atoms with E-state index in [4.69, 9.17) is 19.9 Å². The molecule has 5 nitrogen and oxygen atoms in total. The number of nitrogen functional groups attached to an aromatic ring is 1. The Morgan fingerprint density at radius 3 is 2.72 bits per heavy atom. The van der Waals surface area contributed by atoms with E-state index in [9.17, 15) is 0 Å². The molecule has 0 bridgehead atoms. The van der Waals surface area contributed by atoms with Gasteiger partial charge in [-0.05, 0) is 19.9 Å². The summed E-state index contributed by atoms with van der Waals surface area (Å²) in [5, 5.41) is 0. The SMILES string of the molecule is CC.CC1(C)OCC(COc2cccc(N)n2)O1. The summed E-state index contributed by atoms with van der Waals surface area (Å²) in [5.41, 5.74) is 5.54. The number of nitrogens with two attached hydrogens (primary N) is 1. The van der Waals surface area contributed by atoms with E-state index in [-0.39, 0.29) is 6.10 Å². The summed E-state index contributed by atoms with van der Waals surface area (Å²) in [4.78, 5) is 4.03. The highest BCUT2D eigenvalue weighted by Crippen LogP contribution is 2.22. The molecule has 0 aliphatic carbocycles. The van der Waals surface area contributed by atoms with Gasteiger partial charge in [0, 0.05) is 6.07 Å². The summed E-state index contributed by atoms with van der Waals surface area (Å²) in [6, 6.07) is 5.27. The molecule has 1 unspecified atom stereocenters. The van der Waals surface area contributed by atoms with Crippen LogP contribution in [0.4, 0.5) is 5.82 Å². The van der Waals surface area contributed by atoms with Crippen LogP contribution in [-0.2, 0) is 9.47 Å². The summed E-state index contributed by atoms with van der Waals surface area (Å²) in [6.07, 6.45) is -0.0572. The molecule has 1 aromatic rings. The Bertz CT molecular complexity index is 369. The van der Waals surface area contributed by atoms with Gasteiger partial charge in [-0.2, -0.15) is 4.98 Å². The standard InChI is InChI=1S/C11H16N2O3.C2H6/c1-11(2)15-7-8(16-11)6-14-10-5-3-4-9(12)13-10;1-2/h3-5,8H,6-7H2,1-2H3,(H2,12,13);1-2H3. The zero-order chi connectivity index (χ0) is 13.6. The van der Waals surface area contributed by atoms with Crippen molar-refractivity contribution in [2.45, 2.75) is 39.6 Å². The third kappa shape index (κ3) is 4.50. The Balaban J connectivity index is 0.000000771. The fraction of sp³-hybridized carbons (Fsp3) is 0.615. The predicted octanol–water partition coefficient (Wildman–Crippen LogP) is 2.22. The highest BCUT2D eigenvalue weighted by molar-refractivity contribution is 5.31. The molecule has 5 heteroatoms. The molecule has 1 fully saturated rings. The lowest BCUT2D eigenvalue weighted by Crippen LogP contribution is -2.25. The lowest BCUT2D eigenvalue weighted by molar-refractivity contribution is -0.141. The molecule has 2 rings (SSSR count). The van der Waals surface area contributed by atoms with Gasteiger partial charge in [0.1, 0.15) is 18.5 Å². The zero-order valence-corrected chi connectivity index (χ0v) is 11.5. The highest BCUT2D eigenvalue weighted by atomic mass is 16.7. The van der Waals surface area contributed by atoms with Gasteiger partial charge in [0.15, 0.2) is 5.79 Å². The number of ether oxygens (including phenoxy) is 3. The molecule has 1 aliphatic rings. The Labute approximate surface area is 108 Å². The molecule has 0 radical (unpaired) electrons. The molecule has 102 valence electrons. The van der Waals surface area contributed by atoms with E-state index in [0.717, 1.165) is 0 Å². The van der Waals surface area contributed by atoms with Crippen LogP contribution < -0.4 is 10.5 Å². The molecule has 0 amide bonds. The fourth-order valence-electron chi connectivity index (χ4n) is 1.53. The molecule has 1 atom stereocenters. The third-order valence-electron chi connectivity index (χ3n) is 2.23. The average Bonchev–Trinajstić information content (AvgIpc) is 2.69. The fourth-order valence-corrected chi connectivity index (χ4v) is 1.53. The smallest absolute Gasteiger partial charge is 0.215 e. The van der Waals surface area contributed by atoms with Gasteiger partial charge in [-0.15, -0.1) is 0 Å². The van der Waals surface area contributed by atoms with Gasteiger partial charge in [0.2, 0.25) is 5.88 Å². The van der Waals surface area contributed by atoms with Crippen molar-refractivity contribution < 1.29 is 14.2 Å². The van der Waals surface area contributed by atoms with Gasteiger partial charge in [-0.1, -0.05) is 19.9 Å². The second-order valence-corrected chi connectivity index (χ2v) is 4.16. The van der Waals surface area contributed by atoms with Gasteiger partial charge in [0.25, 0.3) is 0 Å². The number of anilines is 1. The Morgan fingerprint density at radius 2 is 2.17 bits per heavy atom. The van der Waals surface area contributed by atoms with Crippen LogP contribution in [0.2, 0.25) is 0 Å². The number of hydrogen-bond donors (Lipinski definition) is 1. The van der Waals surface area contributed by atoms with Crippen LogP contribution in [0.15, 0.2) is 18.2 Å². The molecule has 1 saturated heterocycles. The van der Waals surface area contributed by atoms with E-state index < -0.39 is 5.79 Å². The first-order valence-corrected chi connectivity index (χ1v) is 6.22. The summed E-state index contributed by atoms with van der Waals surface area (Å²) < 4.78 is 16.5. The van der Waals surface area contributed by atoms with Crippen molar-refractivity contribution in [1.82, 2.24) is 4.98 Å². The average molecular weight is 254 g/mol. The van der Waals surface area contributed by atoms with Crippen molar-refractivity contribution in [3.63, 3.8) is 0 Å². The van der Waals surface area contributed by atoms with Crippen molar-refractivity contribution >= 4 is 5.82 Å². The van der Waals surface area contributed by atoms with Crippen molar-refractivity contribution in [3.8, 4) is 5.88 Å². The maximum Gasteiger partial charge on any atom is 0.215 e. The second-order valence-electron chi connectivity index (χ2n) is 4.16. The quantitative estimate of drug-likeness (QED) is 0.895. The van der Waals surface area contributed by atoms with E-state index >= 15 is 0 Å². The maximum absolute atomic E-state index is 5.59. The largest absolute Gasteiger partial charge is 0.475 e. The van der Waals surface area contributed by atoms with Gasteiger partial charge in [-0.3, -0.25) is 0 Å². The maximum atomic E-state index is 5.59. The minimum Gasteiger partial charge on any atom is -0.475 e. The molecule has 0 spiro atoms. The number of nitrogens with zero attached hydrogens (tertiary/aromatic N) is 1. The van der Waals surface area contributed by atoms with E-state index in [2.05, 4.69) is 4.98 Å². The van der Waals surface area contributed by atoms with Crippen LogP contribution in [0.1, 0.15) is 27.7 Å². The molecule has 0 saturated carbocycles. The van der Waals surface area contributed by atoms with Crippen LogP contribution in [0, 0.1) is 0 Å². The Hall–Kier alpha value is -1.33. The van der Waals surface area contributed by atoms with Crippen LogP contribution in [-0.4, -0.2) is 30.1 Å². The van der Waals surface area contributed by atoms with Gasteiger partial charge < -0.3 is 19.9 Å². The molecule has 2 N–H and O–H groups in total. The van der Waals surface area contributed by atoms with Crippen LogP contribution >= 0.6 is 0 Å². The third-order valence-corrected chi connectivity index (χ3v) is 2.23. The molecule has 1 aliphatic heterocycles. The van der Waals surface area contributed by atoms with Crippen molar-refractivity contribution in [3.05, 3.63) is 18.2 Å². The number of pyridine rings is 1. The number of hydrogen-bond acceptors (Lipinski definition) is 5. The first-order chi connectivity index (χ1) is 8.55. The minimum atomic E-state index is -0.517. The van der Waals surface area contributed by atoms with Crippen molar-refractivity contribution in [1.29, 1.82) is 0 Å². The topological polar surface area (TPSA) is 66.6 Å². The zero-order valence-electron chi connectivity index (χ0n) is 11.5. The second kappa shape index (κ2) is 6.56. The molecular formula is C13H22N2O3. The lowest BCUT2D eigenvalue weighted by Gasteiger charge is -2.17. The van der Waals surface area contributed by atoms with Crippen LogP contribution in [0.5, 0.6) is 5.88 Å². The van der Waals surface area contributed by atoms with Crippen molar-refractivity contribution in [2.24, 2.45) is 0 Å². The van der Waals surface area contributed by atoms with E-state index in [1.54, 1.807) is 18.2 Å². The molecule has 18 heavy (non-hydrogen) atoms. The molecule has 2 heterocycles. The van der Waals surface area contributed by atoms with Gasteiger partial charge in [0.05, 0.1) is 6.61 Å². The van der Waals surface area contributed by atoms with Crippen molar-refractivity contribution in [2.75, 3.05) is 18.9 Å². The van der Waals surface area contributed by atoms with Gasteiger partial charge >= 0.3 is 0 Å². The minimum absolute atomic E-state index is 0.0572. The first kappa shape index (κ1) is 14.7. The molecule has 1 aromatic heterocycles. The van der Waals surface area contributed by atoms with E-state index in [1.165, 1.54) is 0 Å². The Morgan fingerprint density at radius 1 is 1.44 bits per heavy atom. The highest BCUT2D eigenvalue weighted by Gasteiger charge is 2.32.